The number of ether oxygens (including phenoxy) is 2. The fourth-order valence-corrected chi connectivity index (χ4v) is 5.14. The number of hydrogen-bond donors (Lipinski definition) is 6. The molecule has 0 spiro atoms. The van der Waals surface area contributed by atoms with Crippen molar-refractivity contribution in [2.45, 2.75) is 25.0 Å². The van der Waals surface area contributed by atoms with Crippen molar-refractivity contribution in [2.24, 2.45) is 0 Å². The highest BCUT2D eigenvalue weighted by atomic mass is 16.5. The molecule has 6 N–H and O–H groups in total. The van der Waals surface area contributed by atoms with E-state index in [4.69, 9.17) is 9.47 Å². The highest BCUT2D eigenvalue weighted by Crippen LogP contribution is 2.49. The van der Waals surface area contributed by atoms with Gasteiger partial charge in [0.1, 0.15) is 57.8 Å². The van der Waals surface area contributed by atoms with Crippen LogP contribution < -0.4 is 9.47 Å². The van der Waals surface area contributed by atoms with Crippen LogP contribution in [-0.4, -0.2) is 42.2 Å². The molecule has 0 fully saturated rings. The second kappa shape index (κ2) is 9.12. The maximum absolute atomic E-state index is 13.1. The summed E-state index contributed by atoms with van der Waals surface area (Å²) in [5.74, 6) is -2.64. The van der Waals surface area contributed by atoms with Crippen molar-refractivity contribution < 1.29 is 49.7 Å². The maximum Gasteiger partial charge on any atom is 0.174 e. The highest BCUT2D eigenvalue weighted by molar-refractivity contribution is 6.05. The minimum Gasteiger partial charge on any atom is -0.508 e. The summed E-state index contributed by atoms with van der Waals surface area (Å²) < 4.78 is 12.1. The van der Waals surface area contributed by atoms with Crippen LogP contribution in [0.15, 0.2) is 60.7 Å². The fraction of sp³-hybridized carbons (Fsp3) is 0.133. The van der Waals surface area contributed by atoms with Gasteiger partial charge in [-0.2, -0.15) is 0 Å². The Kier molecular flexibility index (Phi) is 5.69. The third-order valence-electron chi connectivity index (χ3n) is 7.08. The number of benzene rings is 4. The van der Waals surface area contributed by atoms with Crippen LogP contribution in [0.1, 0.15) is 56.9 Å². The fourth-order valence-electron chi connectivity index (χ4n) is 5.14. The van der Waals surface area contributed by atoms with Gasteiger partial charge >= 0.3 is 0 Å². The van der Waals surface area contributed by atoms with E-state index >= 15 is 0 Å². The summed E-state index contributed by atoms with van der Waals surface area (Å²) in [4.78, 5) is 25.9. The number of fused-ring (bicyclic) bond motifs is 2. The van der Waals surface area contributed by atoms with Gasteiger partial charge in [0.05, 0.1) is 12.8 Å². The number of Topliss-reactive ketones (excluding diaryl/α,β-unsaturated/α-hetero) is 2. The van der Waals surface area contributed by atoms with Crippen molar-refractivity contribution in [2.75, 3.05) is 0 Å². The summed E-state index contributed by atoms with van der Waals surface area (Å²) in [5.41, 5.74) is 1.33. The molecule has 4 aromatic carbocycles. The van der Waals surface area contributed by atoms with Crippen molar-refractivity contribution in [1.82, 2.24) is 0 Å². The number of phenolic OH excluding ortho intramolecular Hbond substituents is 6. The van der Waals surface area contributed by atoms with E-state index in [1.165, 1.54) is 42.5 Å². The summed E-state index contributed by atoms with van der Waals surface area (Å²) in [5, 5.41) is 60.9. The lowest BCUT2D eigenvalue weighted by Crippen LogP contribution is -2.21. The zero-order valence-corrected chi connectivity index (χ0v) is 20.7. The van der Waals surface area contributed by atoms with E-state index in [2.05, 4.69) is 0 Å². The molecule has 0 radical (unpaired) electrons. The van der Waals surface area contributed by atoms with Gasteiger partial charge in [-0.3, -0.25) is 9.59 Å². The van der Waals surface area contributed by atoms with Gasteiger partial charge in [-0.25, -0.2) is 0 Å². The number of rotatable bonds is 3. The first-order valence-electron chi connectivity index (χ1n) is 12.3. The van der Waals surface area contributed by atoms with Crippen LogP contribution in [0.3, 0.4) is 0 Å². The molecule has 202 valence electrons. The molecule has 0 bridgehead atoms. The number of carbonyl (C=O) groups excluding carboxylic acids is 2. The van der Waals surface area contributed by atoms with Crippen LogP contribution in [0.25, 0.3) is 11.1 Å². The van der Waals surface area contributed by atoms with Crippen LogP contribution >= 0.6 is 0 Å². The second-order valence-corrected chi connectivity index (χ2v) is 9.67. The molecule has 0 aromatic heterocycles. The lowest BCUT2D eigenvalue weighted by atomic mass is 9.89. The summed E-state index contributed by atoms with van der Waals surface area (Å²) >= 11 is 0. The van der Waals surface area contributed by atoms with E-state index in [0.29, 0.717) is 11.1 Å². The Morgan fingerprint density at radius 2 is 1.18 bits per heavy atom. The van der Waals surface area contributed by atoms with Gasteiger partial charge < -0.3 is 40.1 Å². The molecule has 10 nitrogen and oxygen atoms in total. The zero-order chi connectivity index (χ0) is 28.3. The van der Waals surface area contributed by atoms with Gasteiger partial charge in [-0.05, 0) is 47.5 Å². The monoisotopic (exact) mass is 542 g/mol. The van der Waals surface area contributed by atoms with E-state index in [0.717, 1.165) is 6.07 Å². The first kappa shape index (κ1) is 24.9. The van der Waals surface area contributed by atoms with Crippen molar-refractivity contribution in [1.29, 1.82) is 0 Å². The van der Waals surface area contributed by atoms with Crippen LogP contribution in [-0.2, 0) is 0 Å². The molecule has 0 saturated carbocycles. The van der Waals surface area contributed by atoms with Crippen LogP contribution in [0.4, 0.5) is 0 Å². The molecule has 10 heteroatoms. The van der Waals surface area contributed by atoms with E-state index in [1.54, 1.807) is 12.1 Å². The smallest absolute Gasteiger partial charge is 0.174 e. The molecule has 6 rings (SSSR count). The minimum absolute atomic E-state index is 0.0158. The standard InChI is InChI=1S/C30H22O10/c31-15-9-22(36)28-23(37)11-25(39-27(28)10-15)13-1-4-18(32)17(7-13)16-3-6-20(34)29-24(38)12-26(40-30(16)29)14-2-5-19(33)21(35)8-14/h1-10,25-26,31-36H,11-12H2. The Balaban J connectivity index is 1.42. The van der Waals surface area contributed by atoms with E-state index < -0.39 is 23.8 Å². The van der Waals surface area contributed by atoms with Crippen LogP contribution in [0.5, 0.6) is 46.0 Å². The van der Waals surface area contributed by atoms with Gasteiger partial charge in [0.2, 0.25) is 0 Å². The third-order valence-corrected chi connectivity index (χ3v) is 7.08. The molecule has 2 atom stereocenters. The molecule has 40 heavy (non-hydrogen) atoms. The Morgan fingerprint density at radius 1 is 0.550 bits per heavy atom. The molecule has 0 amide bonds. The molecule has 2 aliphatic rings. The van der Waals surface area contributed by atoms with Crippen LogP contribution in [0, 0.1) is 0 Å². The molecular weight excluding hydrogens is 520 g/mol. The largest absolute Gasteiger partial charge is 0.508 e. The first-order valence-corrected chi connectivity index (χ1v) is 12.3. The second-order valence-electron chi connectivity index (χ2n) is 9.67. The first-order chi connectivity index (χ1) is 19.1. The number of aromatic hydroxyl groups is 6. The molecule has 2 unspecified atom stereocenters. The predicted octanol–water partition coefficient (Wildman–Crippen LogP) is 5.00. The highest BCUT2D eigenvalue weighted by Gasteiger charge is 2.35. The maximum atomic E-state index is 13.1. The number of ketones is 2. The summed E-state index contributed by atoms with van der Waals surface area (Å²) in [6.07, 6.45) is -1.93. The van der Waals surface area contributed by atoms with Gasteiger partial charge in [0, 0.05) is 23.3 Å². The quantitative estimate of drug-likeness (QED) is 0.193. The van der Waals surface area contributed by atoms with E-state index in [1.807, 2.05) is 0 Å². The van der Waals surface area contributed by atoms with Gasteiger partial charge in [-0.15, -0.1) is 0 Å². The molecular formula is C30H22O10. The van der Waals surface area contributed by atoms with Gasteiger partial charge in [0.15, 0.2) is 23.1 Å². The van der Waals surface area contributed by atoms with Crippen LogP contribution in [0.2, 0.25) is 0 Å². The predicted molar refractivity (Wildman–Crippen MR) is 139 cm³/mol. The molecule has 0 aliphatic carbocycles. The summed E-state index contributed by atoms with van der Waals surface area (Å²) in [6.45, 7) is 0. The molecule has 0 saturated heterocycles. The number of hydrogen-bond acceptors (Lipinski definition) is 10. The Morgan fingerprint density at radius 3 is 1.90 bits per heavy atom. The molecule has 2 aliphatic heterocycles. The summed E-state index contributed by atoms with van der Waals surface area (Å²) in [6, 6.07) is 13.7. The normalized spacial score (nSPS) is 17.9. The van der Waals surface area contributed by atoms with Crippen molar-refractivity contribution in [3.63, 3.8) is 0 Å². The van der Waals surface area contributed by atoms with Gasteiger partial charge in [-0.1, -0.05) is 12.1 Å². The SMILES string of the molecule is O=C1CC(c2ccc(O)c(-c3ccc(O)c4c3OC(c3ccc(O)c(O)c3)CC4=O)c2)Oc2cc(O)cc(O)c21. The molecule has 4 aromatic rings. The zero-order valence-electron chi connectivity index (χ0n) is 20.7. The Labute approximate surface area is 226 Å². The average Bonchev–Trinajstić information content (AvgIpc) is 2.90. The lowest BCUT2D eigenvalue weighted by molar-refractivity contribution is 0.0834. The number of carbonyl (C=O) groups is 2. The van der Waals surface area contributed by atoms with Crippen molar-refractivity contribution in [3.05, 3.63) is 82.9 Å². The van der Waals surface area contributed by atoms with E-state index in [-0.39, 0.29) is 81.1 Å². The third kappa shape index (κ3) is 4.06. The lowest BCUT2D eigenvalue weighted by Gasteiger charge is -2.29. The molecule has 2 heterocycles. The van der Waals surface area contributed by atoms with E-state index in [9.17, 15) is 40.2 Å². The number of phenols is 6. The van der Waals surface area contributed by atoms with Gasteiger partial charge in [0.25, 0.3) is 0 Å². The Bertz CT molecular complexity index is 1720. The average molecular weight is 542 g/mol. The Hall–Kier alpha value is -5.38. The van der Waals surface area contributed by atoms with Crippen molar-refractivity contribution in [3.8, 4) is 57.1 Å². The summed E-state index contributed by atoms with van der Waals surface area (Å²) in [7, 11) is 0. The minimum atomic E-state index is -0.853. The topological polar surface area (TPSA) is 174 Å². The van der Waals surface area contributed by atoms with Crippen molar-refractivity contribution >= 4 is 11.6 Å².